The minimum Gasteiger partial charge on any atom is -0.482 e. The van der Waals surface area contributed by atoms with Gasteiger partial charge in [-0.2, -0.15) is 0 Å². The van der Waals surface area contributed by atoms with Crippen LogP contribution in [0.25, 0.3) is 0 Å². The lowest BCUT2D eigenvalue weighted by Crippen LogP contribution is -2.37. The summed E-state index contributed by atoms with van der Waals surface area (Å²) in [5, 5.41) is 12.5. The molecule has 1 aliphatic carbocycles. The van der Waals surface area contributed by atoms with Gasteiger partial charge < -0.3 is 15.2 Å². The van der Waals surface area contributed by atoms with Crippen LogP contribution in [0.3, 0.4) is 0 Å². The standard InChI is InChI=1S/C24H30N2O3/c27-24(28)17-29-21-8-6-19(7-9-21)16-26-12-10-18(11-13-26)15-25-23-14-22(23)20-4-2-1-3-5-20/h1-9,18,22-23,25H,10-17H2,(H,27,28)/t22-,23+/m1/s1. The van der Waals surface area contributed by atoms with Crippen molar-refractivity contribution in [2.75, 3.05) is 26.2 Å². The highest BCUT2D eigenvalue weighted by molar-refractivity contribution is 5.68. The predicted molar refractivity (Wildman–Crippen MR) is 113 cm³/mol. The van der Waals surface area contributed by atoms with Crippen molar-refractivity contribution in [3.05, 3.63) is 65.7 Å². The van der Waals surface area contributed by atoms with Crippen LogP contribution < -0.4 is 10.1 Å². The summed E-state index contributed by atoms with van der Waals surface area (Å²) in [7, 11) is 0. The summed E-state index contributed by atoms with van der Waals surface area (Å²) in [6.07, 6.45) is 3.76. The van der Waals surface area contributed by atoms with Crippen LogP contribution in [0.1, 0.15) is 36.3 Å². The number of likely N-dealkylation sites (tertiary alicyclic amines) is 1. The highest BCUT2D eigenvalue weighted by Gasteiger charge is 2.38. The molecular formula is C24H30N2O3. The fourth-order valence-corrected chi connectivity index (χ4v) is 4.25. The van der Waals surface area contributed by atoms with Gasteiger partial charge in [-0.15, -0.1) is 0 Å². The molecule has 2 aromatic rings. The Kier molecular flexibility index (Phi) is 6.47. The van der Waals surface area contributed by atoms with E-state index in [4.69, 9.17) is 9.84 Å². The van der Waals surface area contributed by atoms with E-state index in [0.29, 0.717) is 17.7 Å². The van der Waals surface area contributed by atoms with E-state index in [2.05, 4.69) is 40.5 Å². The Bertz CT molecular complexity index is 786. The molecule has 2 fully saturated rings. The Morgan fingerprint density at radius 1 is 1.07 bits per heavy atom. The Balaban J connectivity index is 1.14. The molecule has 0 amide bonds. The van der Waals surface area contributed by atoms with Gasteiger partial charge in [-0.05, 0) is 68.1 Å². The summed E-state index contributed by atoms with van der Waals surface area (Å²) in [5.74, 6) is 1.13. The monoisotopic (exact) mass is 394 g/mol. The van der Waals surface area contributed by atoms with Gasteiger partial charge in [-0.3, -0.25) is 4.90 Å². The molecule has 1 heterocycles. The molecule has 2 N–H and O–H groups in total. The van der Waals surface area contributed by atoms with Crippen LogP contribution in [0.5, 0.6) is 5.75 Å². The van der Waals surface area contributed by atoms with E-state index < -0.39 is 5.97 Å². The van der Waals surface area contributed by atoms with Gasteiger partial charge in [-0.25, -0.2) is 4.79 Å². The topological polar surface area (TPSA) is 61.8 Å². The second-order valence-corrected chi connectivity index (χ2v) is 8.31. The molecular weight excluding hydrogens is 364 g/mol. The molecule has 0 bridgehead atoms. The number of hydrogen-bond donors (Lipinski definition) is 2. The molecule has 1 saturated carbocycles. The lowest BCUT2D eigenvalue weighted by atomic mass is 9.96. The minimum atomic E-state index is -0.955. The van der Waals surface area contributed by atoms with Crippen molar-refractivity contribution in [1.82, 2.24) is 10.2 Å². The largest absolute Gasteiger partial charge is 0.482 e. The molecule has 0 radical (unpaired) electrons. The van der Waals surface area contributed by atoms with E-state index >= 15 is 0 Å². The summed E-state index contributed by atoms with van der Waals surface area (Å²) in [4.78, 5) is 13.1. The first-order valence-electron chi connectivity index (χ1n) is 10.6. The molecule has 5 nitrogen and oxygen atoms in total. The van der Waals surface area contributed by atoms with Gasteiger partial charge in [0.05, 0.1) is 0 Å². The molecule has 2 aromatic carbocycles. The second-order valence-electron chi connectivity index (χ2n) is 8.31. The zero-order chi connectivity index (χ0) is 20.1. The molecule has 29 heavy (non-hydrogen) atoms. The SMILES string of the molecule is O=C(O)COc1ccc(CN2CCC(CN[C@H]3C[C@@H]3c3ccccc3)CC2)cc1. The molecule has 5 heteroatoms. The molecule has 1 saturated heterocycles. The van der Waals surface area contributed by atoms with Crippen molar-refractivity contribution in [1.29, 1.82) is 0 Å². The molecule has 2 atom stereocenters. The molecule has 0 aromatic heterocycles. The Labute approximate surface area is 172 Å². The van der Waals surface area contributed by atoms with Crippen molar-refractivity contribution in [2.45, 2.75) is 37.8 Å². The Hall–Kier alpha value is -2.37. The zero-order valence-corrected chi connectivity index (χ0v) is 16.8. The number of aliphatic carboxylic acids is 1. The van der Waals surface area contributed by atoms with Gasteiger partial charge in [0.2, 0.25) is 0 Å². The van der Waals surface area contributed by atoms with Crippen LogP contribution in [0.2, 0.25) is 0 Å². The molecule has 1 aliphatic heterocycles. The van der Waals surface area contributed by atoms with E-state index in [9.17, 15) is 4.79 Å². The minimum absolute atomic E-state index is 0.298. The van der Waals surface area contributed by atoms with Gasteiger partial charge >= 0.3 is 5.97 Å². The Morgan fingerprint density at radius 3 is 2.48 bits per heavy atom. The molecule has 4 rings (SSSR count). The summed E-state index contributed by atoms with van der Waals surface area (Å²) < 4.78 is 5.19. The average Bonchev–Trinajstić information content (AvgIpc) is 3.53. The number of carbonyl (C=O) groups is 1. The number of benzene rings is 2. The third kappa shape index (κ3) is 5.81. The van der Waals surface area contributed by atoms with E-state index in [1.165, 1.54) is 30.4 Å². The maximum absolute atomic E-state index is 10.6. The van der Waals surface area contributed by atoms with Gasteiger partial charge in [0.25, 0.3) is 0 Å². The number of piperidine rings is 1. The van der Waals surface area contributed by atoms with Crippen molar-refractivity contribution >= 4 is 5.97 Å². The number of carboxylic acids is 1. The third-order valence-electron chi connectivity index (χ3n) is 6.09. The van der Waals surface area contributed by atoms with Crippen LogP contribution >= 0.6 is 0 Å². The number of hydrogen-bond acceptors (Lipinski definition) is 4. The van der Waals surface area contributed by atoms with E-state index in [1.54, 1.807) is 0 Å². The van der Waals surface area contributed by atoms with Crippen molar-refractivity contribution in [2.24, 2.45) is 5.92 Å². The third-order valence-corrected chi connectivity index (χ3v) is 6.09. The van der Waals surface area contributed by atoms with E-state index in [1.807, 2.05) is 24.3 Å². The maximum Gasteiger partial charge on any atom is 0.341 e. The van der Waals surface area contributed by atoms with Crippen molar-refractivity contribution in [3.63, 3.8) is 0 Å². The summed E-state index contributed by atoms with van der Waals surface area (Å²) >= 11 is 0. The van der Waals surface area contributed by atoms with Crippen LogP contribution in [0.15, 0.2) is 54.6 Å². The van der Waals surface area contributed by atoms with Crippen LogP contribution in [0, 0.1) is 5.92 Å². The normalized spacial score (nSPS) is 22.3. The number of rotatable bonds is 9. The van der Waals surface area contributed by atoms with Gasteiger partial charge in [0, 0.05) is 18.5 Å². The zero-order valence-electron chi connectivity index (χ0n) is 16.8. The van der Waals surface area contributed by atoms with Crippen LogP contribution in [-0.2, 0) is 11.3 Å². The first-order valence-corrected chi connectivity index (χ1v) is 10.6. The van der Waals surface area contributed by atoms with Gasteiger partial charge in [0.15, 0.2) is 6.61 Å². The number of carboxylic acid groups (broad SMARTS) is 1. The van der Waals surface area contributed by atoms with E-state index in [0.717, 1.165) is 32.1 Å². The fraction of sp³-hybridized carbons (Fsp3) is 0.458. The molecule has 2 aliphatic rings. The first-order chi connectivity index (χ1) is 14.2. The van der Waals surface area contributed by atoms with Crippen molar-refractivity contribution in [3.8, 4) is 5.75 Å². The van der Waals surface area contributed by atoms with E-state index in [-0.39, 0.29) is 6.61 Å². The van der Waals surface area contributed by atoms with Crippen LogP contribution in [-0.4, -0.2) is 48.3 Å². The predicted octanol–water partition coefficient (Wildman–Crippen LogP) is 3.51. The lowest BCUT2D eigenvalue weighted by Gasteiger charge is -2.32. The molecule has 0 spiro atoms. The number of nitrogens with zero attached hydrogens (tertiary/aromatic N) is 1. The number of nitrogens with one attached hydrogen (secondary N) is 1. The summed E-state index contributed by atoms with van der Waals surface area (Å²) in [6, 6.07) is 19.3. The molecule has 0 unspecified atom stereocenters. The highest BCUT2D eigenvalue weighted by Crippen LogP contribution is 2.40. The van der Waals surface area contributed by atoms with Gasteiger partial charge in [-0.1, -0.05) is 42.5 Å². The lowest BCUT2D eigenvalue weighted by molar-refractivity contribution is -0.139. The van der Waals surface area contributed by atoms with Crippen LogP contribution in [0.4, 0.5) is 0 Å². The quantitative estimate of drug-likeness (QED) is 0.682. The Morgan fingerprint density at radius 2 is 1.79 bits per heavy atom. The average molecular weight is 395 g/mol. The maximum atomic E-state index is 10.6. The number of ether oxygens (including phenoxy) is 1. The van der Waals surface area contributed by atoms with Gasteiger partial charge in [0.1, 0.15) is 5.75 Å². The highest BCUT2D eigenvalue weighted by atomic mass is 16.5. The summed E-state index contributed by atoms with van der Waals surface area (Å²) in [5.41, 5.74) is 2.71. The first kappa shape index (κ1) is 19.9. The fourth-order valence-electron chi connectivity index (χ4n) is 4.25. The molecule has 154 valence electrons. The summed E-state index contributed by atoms with van der Waals surface area (Å²) in [6.45, 7) is 4.05. The second kappa shape index (κ2) is 9.42. The smallest absolute Gasteiger partial charge is 0.341 e. The van der Waals surface area contributed by atoms with Crippen molar-refractivity contribution < 1.29 is 14.6 Å².